The molecule has 25 heavy (non-hydrogen) atoms. The smallest absolute Gasteiger partial charge is 0.243 e. The van der Waals surface area contributed by atoms with E-state index in [1.165, 1.54) is 25.1 Å². The summed E-state index contributed by atoms with van der Waals surface area (Å²) in [7, 11) is 0. The zero-order valence-electron chi connectivity index (χ0n) is 14.1. The summed E-state index contributed by atoms with van der Waals surface area (Å²) in [6, 6.07) is 5.50. The Bertz CT molecular complexity index is 687. The fraction of sp³-hybridized carbons (Fsp3) is 0.412. The van der Waals surface area contributed by atoms with Crippen LogP contribution in [0, 0.1) is 23.1 Å². The molecule has 8 heteroatoms. The Morgan fingerprint density at radius 2 is 2.00 bits per heavy atom. The van der Waals surface area contributed by atoms with Gasteiger partial charge in [-0.25, -0.2) is 4.39 Å². The van der Waals surface area contributed by atoms with Gasteiger partial charge in [0, 0.05) is 19.8 Å². The standard InChI is InChI=1S/C17H21FN4O3/c1-10(6-7-19)15(16(20)24)22-17(25)14(21-11(2)23)9-12-4-3-5-13(18)8-12/h3-5,8,10,14-15H,6,9H2,1-2H3,(H2,20,24)(H,21,23)(H,22,25)/t10-,14+,15-/m1/s1. The number of hydrogen-bond donors (Lipinski definition) is 3. The molecule has 0 aliphatic rings. The second kappa shape index (κ2) is 9.37. The zero-order chi connectivity index (χ0) is 19.0. The average Bonchev–Trinajstić information content (AvgIpc) is 2.51. The third kappa shape index (κ3) is 6.59. The summed E-state index contributed by atoms with van der Waals surface area (Å²) in [5, 5.41) is 13.7. The highest BCUT2D eigenvalue weighted by Crippen LogP contribution is 2.10. The summed E-state index contributed by atoms with van der Waals surface area (Å²) >= 11 is 0. The van der Waals surface area contributed by atoms with Gasteiger partial charge in [0.2, 0.25) is 17.7 Å². The van der Waals surface area contributed by atoms with Crippen molar-refractivity contribution in [2.24, 2.45) is 11.7 Å². The lowest BCUT2D eigenvalue weighted by Crippen LogP contribution is -2.55. The minimum Gasteiger partial charge on any atom is -0.368 e. The molecule has 4 N–H and O–H groups in total. The van der Waals surface area contributed by atoms with Gasteiger partial charge in [0.15, 0.2) is 0 Å². The minimum absolute atomic E-state index is 0.0303. The van der Waals surface area contributed by atoms with Gasteiger partial charge >= 0.3 is 0 Å². The molecule has 0 saturated carbocycles. The van der Waals surface area contributed by atoms with E-state index in [2.05, 4.69) is 10.6 Å². The third-order valence-corrected chi connectivity index (χ3v) is 3.61. The summed E-state index contributed by atoms with van der Waals surface area (Å²) in [4.78, 5) is 35.4. The molecule has 1 aromatic carbocycles. The van der Waals surface area contributed by atoms with Gasteiger partial charge in [-0.15, -0.1) is 0 Å². The lowest BCUT2D eigenvalue weighted by Gasteiger charge is -2.24. The first-order valence-corrected chi connectivity index (χ1v) is 7.72. The maximum Gasteiger partial charge on any atom is 0.243 e. The second-order valence-corrected chi connectivity index (χ2v) is 5.82. The first-order chi connectivity index (χ1) is 11.7. The van der Waals surface area contributed by atoms with Crippen LogP contribution in [0.15, 0.2) is 24.3 Å². The van der Waals surface area contributed by atoms with Crippen molar-refractivity contribution in [1.82, 2.24) is 10.6 Å². The van der Waals surface area contributed by atoms with E-state index in [1.807, 2.05) is 6.07 Å². The Balaban J connectivity index is 2.93. The number of nitrogens with zero attached hydrogens (tertiary/aromatic N) is 1. The number of rotatable bonds is 8. The van der Waals surface area contributed by atoms with E-state index in [4.69, 9.17) is 11.0 Å². The van der Waals surface area contributed by atoms with Crippen molar-refractivity contribution < 1.29 is 18.8 Å². The van der Waals surface area contributed by atoms with Crippen LogP contribution < -0.4 is 16.4 Å². The van der Waals surface area contributed by atoms with Gasteiger partial charge in [-0.3, -0.25) is 14.4 Å². The second-order valence-electron chi connectivity index (χ2n) is 5.82. The maximum atomic E-state index is 13.3. The topological polar surface area (TPSA) is 125 Å². The molecular formula is C17H21FN4O3. The van der Waals surface area contributed by atoms with Gasteiger partial charge in [0.25, 0.3) is 0 Å². The van der Waals surface area contributed by atoms with Crippen molar-refractivity contribution in [2.45, 2.75) is 38.8 Å². The number of amides is 3. The van der Waals surface area contributed by atoms with Crippen molar-refractivity contribution in [1.29, 1.82) is 5.26 Å². The number of hydrogen-bond acceptors (Lipinski definition) is 4. The van der Waals surface area contributed by atoms with E-state index in [1.54, 1.807) is 13.0 Å². The average molecular weight is 348 g/mol. The van der Waals surface area contributed by atoms with Crippen LogP contribution in [0.5, 0.6) is 0 Å². The quantitative estimate of drug-likeness (QED) is 0.628. The normalized spacial score (nSPS) is 13.8. The van der Waals surface area contributed by atoms with E-state index in [-0.39, 0.29) is 12.8 Å². The highest BCUT2D eigenvalue weighted by atomic mass is 19.1. The number of benzene rings is 1. The molecule has 0 fully saturated rings. The molecule has 1 rings (SSSR count). The zero-order valence-corrected chi connectivity index (χ0v) is 14.1. The lowest BCUT2D eigenvalue weighted by atomic mass is 9.97. The fourth-order valence-electron chi connectivity index (χ4n) is 2.36. The maximum absolute atomic E-state index is 13.3. The molecule has 7 nitrogen and oxygen atoms in total. The Morgan fingerprint density at radius 1 is 1.32 bits per heavy atom. The van der Waals surface area contributed by atoms with Crippen LogP contribution in [0.2, 0.25) is 0 Å². The summed E-state index contributed by atoms with van der Waals surface area (Å²) in [5.41, 5.74) is 5.80. The van der Waals surface area contributed by atoms with Crippen molar-refractivity contribution in [3.05, 3.63) is 35.6 Å². The van der Waals surface area contributed by atoms with Gasteiger partial charge in [0.05, 0.1) is 6.07 Å². The molecular weight excluding hydrogens is 327 g/mol. The van der Waals surface area contributed by atoms with Crippen LogP contribution in [0.25, 0.3) is 0 Å². The molecule has 0 saturated heterocycles. The molecule has 0 spiro atoms. The highest BCUT2D eigenvalue weighted by molar-refractivity contribution is 5.91. The van der Waals surface area contributed by atoms with Crippen LogP contribution in [-0.2, 0) is 20.8 Å². The molecule has 0 aromatic heterocycles. The van der Waals surface area contributed by atoms with E-state index in [9.17, 15) is 18.8 Å². The van der Waals surface area contributed by atoms with E-state index < -0.39 is 41.5 Å². The van der Waals surface area contributed by atoms with Gasteiger partial charge in [-0.2, -0.15) is 5.26 Å². The number of carbonyl (C=O) groups is 3. The summed E-state index contributed by atoms with van der Waals surface area (Å²) < 4.78 is 13.3. The Labute approximate surface area is 145 Å². The molecule has 0 unspecified atom stereocenters. The van der Waals surface area contributed by atoms with E-state index in [0.717, 1.165) is 0 Å². The van der Waals surface area contributed by atoms with E-state index in [0.29, 0.717) is 5.56 Å². The first kappa shape index (κ1) is 20.1. The molecule has 134 valence electrons. The number of halogens is 1. The van der Waals surface area contributed by atoms with Crippen molar-refractivity contribution in [3.63, 3.8) is 0 Å². The molecule has 0 heterocycles. The molecule has 0 bridgehead atoms. The lowest BCUT2D eigenvalue weighted by molar-refractivity contribution is -0.131. The molecule has 1 aromatic rings. The first-order valence-electron chi connectivity index (χ1n) is 7.72. The molecule has 0 aliphatic carbocycles. The Kier molecular flexibility index (Phi) is 7.53. The van der Waals surface area contributed by atoms with E-state index >= 15 is 0 Å². The van der Waals surface area contributed by atoms with Crippen LogP contribution in [0.1, 0.15) is 25.8 Å². The highest BCUT2D eigenvalue weighted by Gasteiger charge is 2.28. The van der Waals surface area contributed by atoms with Crippen molar-refractivity contribution in [2.75, 3.05) is 0 Å². The number of nitrogens with two attached hydrogens (primary N) is 1. The van der Waals surface area contributed by atoms with Gasteiger partial charge in [-0.1, -0.05) is 19.1 Å². The summed E-state index contributed by atoms with van der Waals surface area (Å²) in [6.45, 7) is 2.86. The summed E-state index contributed by atoms with van der Waals surface area (Å²) in [6.07, 6.45) is 0.0733. The number of carbonyl (C=O) groups excluding carboxylic acids is 3. The minimum atomic E-state index is -1.05. The Morgan fingerprint density at radius 3 is 2.52 bits per heavy atom. The largest absolute Gasteiger partial charge is 0.368 e. The van der Waals surface area contributed by atoms with Gasteiger partial charge in [-0.05, 0) is 23.6 Å². The monoisotopic (exact) mass is 348 g/mol. The van der Waals surface area contributed by atoms with Crippen LogP contribution in [0.3, 0.4) is 0 Å². The molecule has 3 atom stereocenters. The predicted octanol–water partition coefficient (Wildman–Crippen LogP) is 0.393. The van der Waals surface area contributed by atoms with Crippen molar-refractivity contribution in [3.8, 4) is 6.07 Å². The fourth-order valence-corrected chi connectivity index (χ4v) is 2.36. The van der Waals surface area contributed by atoms with Gasteiger partial charge in [0.1, 0.15) is 17.9 Å². The van der Waals surface area contributed by atoms with Crippen LogP contribution in [0.4, 0.5) is 4.39 Å². The molecule has 0 radical (unpaired) electrons. The van der Waals surface area contributed by atoms with Crippen molar-refractivity contribution >= 4 is 17.7 Å². The van der Waals surface area contributed by atoms with Crippen LogP contribution >= 0.6 is 0 Å². The summed E-state index contributed by atoms with van der Waals surface area (Å²) in [5.74, 6) is -2.80. The van der Waals surface area contributed by atoms with Crippen LogP contribution in [-0.4, -0.2) is 29.8 Å². The van der Waals surface area contributed by atoms with Gasteiger partial charge < -0.3 is 16.4 Å². The SMILES string of the molecule is CC(=O)N[C@@H](Cc1cccc(F)c1)C(=O)N[C@@H](C(N)=O)[C@H](C)CC#N. The molecule has 0 aliphatic heterocycles. The third-order valence-electron chi connectivity index (χ3n) is 3.61. The predicted molar refractivity (Wildman–Crippen MR) is 88.2 cm³/mol. The Hall–Kier alpha value is -2.95. The number of nitriles is 1. The number of primary amides is 1. The number of nitrogens with one attached hydrogen (secondary N) is 2. The molecule has 3 amide bonds.